The molecule has 0 aromatic heterocycles. The number of nitrogens with zero attached hydrogens (tertiary/aromatic N) is 2. The van der Waals surface area contributed by atoms with Gasteiger partial charge in [-0.25, -0.2) is 26.3 Å². The van der Waals surface area contributed by atoms with Crippen LogP contribution in [0.25, 0.3) is 0 Å². The van der Waals surface area contributed by atoms with Gasteiger partial charge in [-0.1, -0.05) is 65.2 Å². The Morgan fingerprint density at radius 3 is 1.30 bits per heavy atom. The van der Waals surface area contributed by atoms with Gasteiger partial charge in [-0.15, -0.1) is 0 Å². The number of rotatable bonds is 22. The number of nitriles is 2. The maximum atomic E-state index is 13.4. The highest BCUT2D eigenvalue weighted by molar-refractivity contribution is 8.08. The molecular weight excluding hydrogens is 460 g/mol. The summed E-state index contributed by atoms with van der Waals surface area (Å²) < 4.78 is 57.1. The minimum absolute atomic E-state index is 0.0680. The van der Waals surface area contributed by atoms with Crippen LogP contribution in [0.3, 0.4) is 0 Å². The van der Waals surface area contributed by atoms with Gasteiger partial charge in [-0.2, -0.15) is 10.5 Å². The first kappa shape index (κ1) is 31.8. The molecule has 0 unspecified atom stereocenters. The molecule has 2 N–H and O–H groups in total. The average molecular weight is 505 g/mol. The smallest absolute Gasteiger partial charge is 0.214 e. The molecule has 0 aliphatic rings. The molecule has 8 nitrogen and oxygen atoms in total. The first-order valence-electron chi connectivity index (χ1n) is 12.5. The molecule has 0 atom stereocenters. The predicted octanol–water partition coefficient (Wildman–Crippen LogP) is 4.85. The van der Waals surface area contributed by atoms with Crippen LogP contribution in [0.4, 0.5) is 0 Å². The van der Waals surface area contributed by atoms with Gasteiger partial charge >= 0.3 is 0 Å². The summed E-state index contributed by atoms with van der Waals surface area (Å²) in [6.07, 6.45) is 9.61. The van der Waals surface area contributed by atoms with Crippen molar-refractivity contribution in [1.82, 2.24) is 9.44 Å². The minimum atomic E-state index is -4.13. The van der Waals surface area contributed by atoms with Gasteiger partial charge in [0.1, 0.15) is 0 Å². The van der Waals surface area contributed by atoms with E-state index < -0.39 is 24.1 Å². The third kappa shape index (κ3) is 11.7. The normalized spacial score (nSPS) is 12.4. The summed E-state index contributed by atoms with van der Waals surface area (Å²) >= 11 is 0. The quantitative estimate of drug-likeness (QED) is 0.202. The number of hydrogen-bond donors (Lipinski definition) is 2. The van der Waals surface area contributed by atoms with E-state index in [2.05, 4.69) is 21.6 Å². The second-order valence-corrected chi connectivity index (χ2v) is 13.0. The fraction of sp³-hybridized carbons (Fsp3) is 0.913. The van der Waals surface area contributed by atoms with Crippen molar-refractivity contribution in [2.45, 2.75) is 121 Å². The van der Waals surface area contributed by atoms with Crippen molar-refractivity contribution < 1.29 is 16.8 Å². The molecule has 0 amide bonds. The van der Waals surface area contributed by atoms with Crippen molar-refractivity contribution in [3.05, 3.63) is 0 Å². The van der Waals surface area contributed by atoms with E-state index in [4.69, 9.17) is 10.5 Å². The highest BCUT2D eigenvalue weighted by Crippen LogP contribution is 2.35. The lowest BCUT2D eigenvalue weighted by Crippen LogP contribution is -2.56. The van der Waals surface area contributed by atoms with Crippen LogP contribution < -0.4 is 9.44 Å². The highest BCUT2D eigenvalue weighted by atomic mass is 32.3. The van der Waals surface area contributed by atoms with E-state index >= 15 is 0 Å². The third-order valence-electron chi connectivity index (χ3n) is 5.82. The van der Waals surface area contributed by atoms with Gasteiger partial charge in [0.05, 0.1) is 12.1 Å². The summed E-state index contributed by atoms with van der Waals surface area (Å²) in [6.45, 7) is 4.24. The molecule has 0 aromatic rings. The molecule has 192 valence electrons. The molecule has 0 aliphatic heterocycles. The second-order valence-electron chi connectivity index (χ2n) is 8.56. The summed E-state index contributed by atoms with van der Waals surface area (Å²) in [5.41, 5.74) is 0. The fourth-order valence-electron chi connectivity index (χ4n) is 3.74. The van der Waals surface area contributed by atoms with E-state index in [1.165, 1.54) is 0 Å². The lowest BCUT2D eigenvalue weighted by Gasteiger charge is -2.33. The standard InChI is InChI=1S/C23H44N4O4S2/c1-3-5-17-23(18-6-4-2,32(28,29)26-21-15-11-7-9-13-19-24)33(30,31)27-22-16-12-8-10-14-20-25/h26-27H,3-18,21-22H2,1-2H3. The Kier molecular flexibility index (Phi) is 17.5. The van der Waals surface area contributed by atoms with Crippen LogP contribution in [0, 0.1) is 22.7 Å². The summed E-state index contributed by atoms with van der Waals surface area (Å²) in [5, 5.41) is 17.2. The molecule has 0 saturated carbocycles. The summed E-state index contributed by atoms with van der Waals surface area (Å²) in [6, 6.07) is 4.19. The summed E-state index contributed by atoms with van der Waals surface area (Å²) in [5.74, 6) is 0. The molecule has 0 spiro atoms. The molecule has 0 aliphatic carbocycles. The zero-order valence-corrected chi connectivity index (χ0v) is 22.2. The molecule has 0 rings (SSSR count). The van der Waals surface area contributed by atoms with Crippen LogP contribution in [0.5, 0.6) is 0 Å². The van der Waals surface area contributed by atoms with Crippen molar-refractivity contribution in [3.63, 3.8) is 0 Å². The molecule has 33 heavy (non-hydrogen) atoms. The van der Waals surface area contributed by atoms with Crippen LogP contribution in [0.1, 0.15) is 117 Å². The zero-order chi connectivity index (χ0) is 25.1. The summed E-state index contributed by atoms with van der Waals surface area (Å²) in [7, 11) is -8.25. The Morgan fingerprint density at radius 1 is 0.606 bits per heavy atom. The molecule has 0 aromatic carbocycles. The van der Waals surface area contributed by atoms with E-state index in [1.54, 1.807) is 0 Å². The van der Waals surface area contributed by atoms with Gasteiger partial charge in [-0.3, -0.25) is 0 Å². The van der Waals surface area contributed by atoms with E-state index in [-0.39, 0.29) is 25.9 Å². The zero-order valence-electron chi connectivity index (χ0n) is 20.6. The lowest BCUT2D eigenvalue weighted by atomic mass is 10.1. The van der Waals surface area contributed by atoms with Gasteiger partial charge in [-0.05, 0) is 38.5 Å². The number of unbranched alkanes of at least 4 members (excludes halogenated alkanes) is 10. The topological polar surface area (TPSA) is 140 Å². The fourth-order valence-corrected chi connectivity index (χ4v) is 8.25. The molecule has 0 heterocycles. The van der Waals surface area contributed by atoms with Crippen molar-refractivity contribution in [2.24, 2.45) is 0 Å². The van der Waals surface area contributed by atoms with E-state index in [0.717, 1.165) is 38.5 Å². The molecule has 0 fully saturated rings. The van der Waals surface area contributed by atoms with Gasteiger partial charge in [0.2, 0.25) is 24.1 Å². The Balaban J connectivity index is 5.35. The largest absolute Gasteiger partial charge is 0.233 e. The van der Waals surface area contributed by atoms with Crippen molar-refractivity contribution in [1.29, 1.82) is 10.5 Å². The maximum absolute atomic E-state index is 13.4. The molecule has 0 saturated heterocycles. The van der Waals surface area contributed by atoms with E-state index in [1.807, 2.05) is 13.8 Å². The van der Waals surface area contributed by atoms with Gasteiger partial charge in [0.15, 0.2) is 0 Å². The number of nitrogens with one attached hydrogen (secondary N) is 2. The van der Waals surface area contributed by atoms with Crippen LogP contribution >= 0.6 is 0 Å². The monoisotopic (exact) mass is 504 g/mol. The van der Waals surface area contributed by atoms with E-state index in [0.29, 0.717) is 51.4 Å². The Bertz CT molecular complexity index is 731. The summed E-state index contributed by atoms with van der Waals surface area (Å²) in [4.78, 5) is 0. The first-order chi connectivity index (χ1) is 15.7. The van der Waals surface area contributed by atoms with Crippen LogP contribution in [-0.2, 0) is 20.0 Å². The predicted molar refractivity (Wildman–Crippen MR) is 133 cm³/mol. The molecular formula is C23H44N4O4S2. The average Bonchev–Trinajstić information content (AvgIpc) is 2.77. The number of sulfonamides is 2. The van der Waals surface area contributed by atoms with Crippen molar-refractivity contribution in [2.75, 3.05) is 13.1 Å². The Morgan fingerprint density at radius 2 is 0.970 bits per heavy atom. The van der Waals surface area contributed by atoms with Crippen LogP contribution in [0.15, 0.2) is 0 Å². The van der Waals surface area contributed by atoms with Gasteiger partial charge in [0.25, 0.3) is 0 Å². The van der Waals surface area contributed by atoms with Gasteiger partial charge < -0.3 is 0 Å². The van der Waals surface area contributed by atoms with Crippen LogP contribution in [0.2, 0.25) is 0 Å². The second kappa shape index (κ2) is 18.2. The van der Waals surface area contributed by atoms with Crippen molar-refractivity contribution >= 4 is 20.0 Å². The Labute approximate surface area is 202 Å². The lowest BCUT2D eigenvalue weighted by molar-refractivity contribution is 0.470. The molecule has 10 heteroatoms. The van der Waals surface area contributed by atoms with Gasteiger partial charge in [0, 0.05) is 25.9 Å². The minimum Gasteiger partial charge on any atom is -0.214 e. The van der Waals surface area contributed by atoms with Crippen LogP contribution in [-0.4, -0.2) is 34.0 Å². The maximum Gasteiger partial charge on any atom is 0.233 e. The van der Waals surface area contributed by atoms with E-state index in [9.17, 15) is 16.8 Å². The third-order valence-corrected chi connectivity index (χ3v) is 11.1. The Hall–Kier alpha value is -1.20. The molecule has 0 bridgehead atoms. The van der Waals surface area contributed by atoms with Crippen molar-refractivity contribution in [3.8, 4) is 12.1 Å². The SMILES string of the molecule is CCCCC(CCCC)(S(=O)(=O)NCCCCCCC#N)S(=O)(=O)NCCCCCCC#N. The molecule has 0 radical (unpaired) electrons. The number of hydrogen-bond acceptors (Lipinski definition) is 6. The highest BCUT2D eigenvalue weighted by Gasteiger charge is 2.53. The first-order valence-corrected chi connectivity index (χ1v) is 15.4.